The molecule has 1 aliphatic heterocycles. The second kappa shape index (κ2) is 10.2. The van der Waals surface area contributed by atoms with Gasteiger partial charge in [0.1, 0.15) is 5.60 Å². The lowest BCUT2D eigenvalue weighted by Gasteiger charge is -2.36. The van der Waals surface area contributed by atoms with Crippen molar-refractivity contribution in [3.63, 3.8) is 0 Å². The van der Waals surface area contributed by atoms with Gasteiger partial charge in [0.2, 0.25) is 5.91 Å². The highest BCUT2D eigenvalue weighted by Gasteiger charge is 2.31. The fourth-order valence-electron chi connectivity index (χ4n) is 2.78. The lowest BCUT2D eigenvalue weighted by molar-refractivity contribution is -0.132. The summed E-state index contributed by atoms with van der Waals surface area (Å²) >= 11 is 0. The minimum absolute atomic E-state index is 0.0270. The number of nitrogens with zero attached hydrogens (tertiary/aromatic N) is 3. The molecule has 0 spiro atoms. The first-order valence-electron chi connectivity index (χ1n) is 9.51. The molecular formula is C17H34N4O5S. The van der Waals surface area contributed by atoms with Crippen LogP contribution in [-0.4, -0.2) is 85.3 Å². The van der Waals surface area contributed by atoms with Gasteiger partial charge in [0, 0.05) is 52.2 Å². The molecule has 2 amide bonds. The summed E-state index contributed by atoms with van der Waals surface area (Å²) < 4.78 is 33.0. The topological polar surface area (TPSA) is 99.3 Å². The van der Waals surface area contributed by atoms with E-state index in [0.717, 1.165) is 0 Å². The van der Waals surface area contributed by atoms with Crippen molar-refractivity contribution in [1.82, 2.24) is 18.8 Å². The molecule has 1 fully saturated rings. The van der Waals surface area contributed by atoms with Gasteiger partial charge in [-0.3, -0.25) is 4.79 Å². The maximum absolute atomic E-state index is 12.5. The zero-order valence-electron chi connectivity index (χ0n) is 17.2. The Hall–Kier alpha value is -1.39. The summed E-state index contributed by atoms with van der Waals surface area (Å²) in [6.07, 6.45) is 0.319. The van der Waals surface area contributed by atoms with Gasteiger partial charge in [-0.2, -0.15) is 17.0 Å². The second-order valence-electron chi connectivity index (χ2n) is 7.40. The molecule has 0 saturated carbocycles. The first-order valence-corrected chi connectivity index (χ1v) is 10.9. The highest BCUT2D eigenvalue weighted by Crippen LogP contribution is 2.13. The summed E-state index contributed by atoms with van der Waals surface area (Å²) in [5.74, 6) is -0.0270. The van der Waals surface area contributed by atoms with Gasteiger partial charge in [-0.1, -0.05) is 13.8 Å². The van der Waals surface area contributed by atoms with Gasteiger partial charge in [-0.25, -0.2) is 4.79 Å². The molecule has 27 heavy (non-hydrogen) atoms. The Morgan fingerprint density at radius 2 is 1.63 bits per heavy atom. The van der Waals surface area contributed by atoms with Crippen molar-refractivity contribution in [2.45, 2.75) is 53.1 Å². The molecule has 0 unspecified atom stereocenters. The number of nitrogens with one attached hydrogen (secondary N) is 1. The lowest BCUT2D eigenvalue weighted by atomic mass is 10.2. The number of alkyl carbamates (subject to hydrolysis) is 1. The van der Waals surface area contributed by atoms with Crippen molar-refractivity contribution >= 4 is 22.2 Å². The number of piperazine rings is 1. The predicted molar refractivity (Wildman–Crippen MR) is 103 cm³/mol. The van der Waals surface area contributed by atoms with Crippen LogP contribution in [0.4, 0.5) is 4.79 Å². The quantitative estimate of drug-likeness (QED) is 0.607. The van der Waals surface area contributed by atoms with E-state index >= 15 is 0 Å². The molecule has 1 aliphatic rings. The Morgan fingerprint density at radius 3 is 2.11 bits per heavy atom. The molecule has 0 aromatic rings. The van der Waals surface area contributed by atoms with E-state index < -0.39 is 21.9 Å². The predicted octanol–water partition coefficient (Wildman–Crippen LogP) is 1.02. The van der Waals surface area contributed by atoms with E-state index in [0.29, 0.717) is 58.7 Å². The molecule has 1 N–H and O–H groups in total. The van der Waals surface area contributed by atoms with Crippen molar-refractivity contribution in [2.24, 2.45) is 0 Å². The van der Waals surface area contributed by atoms with Crippen molar-refractivity contribution in [3.05, 3.63) is 0 Å². The third-order valence-electron chi connectivity index (χ3n) is 4.18. The van der Waals surface area contributed by atoms with E-state index in [9.17, 15) is 18.0 Å². The first-order chi connectivity index (χ1) is 12.5. The summed E-state index contributed by atoms with van der Waals surface area (Å²) in [5.41, 5.74) is -0.551. The normalized spacial score (nSPS) is 16.4. The Morgan fingerprint density at radius 1 is 1.07 bits per heavy atom. The van der Waals surface area contributed by atoms with Crippen LogP contribution in [0.2, 0.25) is 0 Å². The molecule has 1 saturated heterocycles. The maximum Gasteiger partial charge on any atom is 0.407 e. The SMILES string of the molecule is CCN(CC)S(=O)(=O)N1CCN(C(=O)CCCNC(=O)OC(C)(C)C)CC1. The summed E-state index contributed by atoms with van der Waals surface area (Å²) in [4.78, 5) is 25.5. The summed E-state index contributed by atoms with van der Waals surface area (Å²) in [5, 5.41) is 2.62. The Bertz CT molecular complexity index is 591. The molecule has 0 radical (unpaired) electrons. The zero-order valence-corrected chi connectivity index (χ0v) is 18.0. The van der Waals surface area contributed by atoms with E-state index in [-0.39, 0.29) is 5.91 Å². The molecule has 0 atom stereocenters. The van der Waals surface area contributed by atoms with E-state index in [2.05, 4.69) is 5.32 Å². The minimum Gasteiger partial charge on any atom is -0.444 e. The molecule has 1 heterocycles. The van der Waals surface area contributed by atoms with Crippen LogP contribution in [0, 0.1) is 0 Å². The van der Waals surface area contributed by atoms with Gasteiger partial charge in [-0.15, -0.1) is 0 Å². The molecule has 1 rings (SSSR count). The van der Waals surface area contributed by atoms with Gasteiger partial charge in [0.15, 0.2) is 0 Å². The van der Waals surface area contributed by atoms with Gasteiger partial charge in [-0.05, 0) is 27.2 Å². The molecule has 0 aliphatic carbocycles. The van der Waals surface area contributed by atoms with E-state index in [1.807, 2.05) is 13.8 Å². The summed E-state index contributed by atoms with van der Waals surface area (Å²) in [7, 11) is -3.45. The molecule has 158 valence electrons. The zero-order chi connectivity index (χ0) is 20.7. The number of carbonyl (C=O) groups is 2. The fourth-order valence-corrected chi connectivity index (χ4v) is 4.39. The first kappa shape index (κ1) is 23.6. The van der Waals surface area contributed by atoms with Crippen molar-refractivity contribution in [1.29, 1.82) is 0 Å². The van der Waals surface area contributed by atoms with Gasteiger partial charge in [0.25, 0.3) is 10.2 Å². The average Bonchev–Trinajstić information content (AvgIpc) is 2.58. The number of ether oxygens (including phenoxy) is 1. The third kappa shape index (κ3) is 7.63. The smallest absolute Gasteiger partial charge is 0.407 e. The van der Waals surface area contributed by atoms with Gasteiger partial charge in [0.05, 0.1) is 0 Å². The van der Waals surface area contributed by atoms with Crippen molar-refractivity contribution in [2.75, 3.05) is 45.8 Å². The summed E-state index contributed by atoms with van der Waals surface area (Å²) in [6.45, 7) is 11.6. The maximum atomic E-state index is 12.5. The number of rotatable bonds is 8. The average molecular weight is 407 g/mol. The van der Waals surface area contributed by atoms with Crippen LogP contribution in [-0.2, 0) is 19.7 Å². The van der Waals surface area contributed by atoms with Crippen LogP contribution in [0.25, 0.3) is 0 Å². The monoisotopic (exact) mass is 406 g/mol. The van der Waals surface area contributed by atoms with Crippen LogP contribution < -0.4 is 5.32 Å². The van der Waals surface area contributed by atoms with Crippen molar-refractivity contribution in [3.8, 4) is 0 Å². The number of hydrogen-bond donors (Lipinski definition) is 1. The Labute approximate surface area is 163 Å². The van der Waals surface area contributed by atoms with E-state index in [4.69, 9.17) is 4.74 Å². The number of carbonyl (C=O) groups excluding carboxylic acids is 2. The highest BCUT2D eigenvalue weighted by molar-refractivity contribution is 7.86. The van der Waals surface area contributed by atoms with E-state index in [1.54, 1.807) is 25.7 Å². The molecule has 0 bridgehead atoms. The number of amides is 2. The standard InChI is InChI=1S/C17H34N4O5S/c1-6-20(7-2)27(24,25)21-13-11-19(12-14-21)15(22)9-8-10-18-16(23)26-17(3,4)5/h6-14H2,1-5H3,(H,18,23). The Kier molecular flexibility index (Phi) is 8.97. The number of hydrogen-bond acceptors (Lipinski definition) is 5. The molecule has 0 aromatic heterocycles. The van der Waals surface area contributed by atoms with Gasteiger partial charge < -0.3 is 15.0 Å². The minimum atomic E-state index is -3.45. The molecule has 0 aromatic carbocycles. The highest BCUT2D eigenvalue weighted by atomic mass is 32.2. The van der Waals surface area contributed by atoms with Crippen LogP contribution >= 0.6 is 0 Å². The van der Waals surface area contributed by atoms with Crippen molar-refractivity contribution < 1.29 is 22.7 Å². The van der Waals surface area contributed by atoms with Crippen LogP contribution in [0.3, 0.4) is 0 Å². The molecular weight excluding hydrogens is 372 g/mol. The fraction of sp³-hybridized carbons (Fsp3) is 0.882. The largest absolute Gasteiger partial charge is 0.444 e. The lowest BCUT2D eigenvalue weighted by Crippen LogP contribution is -2.54. The Balaban J connectivity index is 2.35. The third-order valence-corrected chi connectivity index (χ3v) is 6.37. The summed E-state index contributed by atoms with van der Waals surface area (Å²) in [6, 6.07) is 0. The molecule has 10 heteroatoms. The molecule has 9 nitrogen and oxygen atoms in total. The van der Waals surface area contributed by atoms with Crippen LogP contribution in [0.15, 0.2) is 0 Å². The van der Waals surface area contributed by atoms with E-state index in [1.165, 1.54) is 8.61 Å². The van der Waals surface area contributed by atoms with Crippen LogP contribution in [0.1, 0.15) is 47.5 Å². The van der Waals surface area contributed by atoms with Crippen LogP contribution in [0.5, 0.6) is 0 Å². The van der Waals surface area contributed by atoms with Gasteiger partial charge >= 0.3 is 6.09 Å². The second-order valence-corrected chi connectivity index (χ2v) is 9.33.